The van der Waals surface area contributed by atoms with E-state index in [1.807, 2.05) is 34.9 Å². The van der Waals surface area contributed by atoms with Crippen molar-refractivity contribution in [2.75, 3.05) is 25.2 Å². The van der Waals surface area contributed by atoms with Crippen LogP contribution in [0.25, 0.3) is 10.2 Å². The van der Waals surface area contributed by atoms with E-state index in [2.05, 4.69) is 38.1 Å². The van der Waals surface area contributed by atoms with Crippen molar-refractivity contribution in [1.29, 1.82) is 0 Å². The zero-order valence-electron chi connectivity index (χ0n) is 18.2. The second kappa shape index (κ2) is 10.0. The molecule has 1 amide bonds. The highest BCUT2D eigenvalue weighted by molar-refractivity contribution is 7.99. The minimum atomic E-state index is 0.0470. The topological polar surface area (TPSA) is 51.7 Å². The summed E-state index contributed by atoms with van der Waals surface area (Å²) >= 11 is 3.36. The van der Waals surface area contributed by atoms with E-state index in [1.165, 1.54) is 16.2 Å². The predicted octanol–water partition coefficient (Wildman–Crippen LogP) is 5.56. The first-order chi connectivity index (χ1) is 15.0. The Hall–Kier alpha value is -2.09. The maximum Gasteiger partial charge on any atom is 0.233 e. The highest BCUT2D eigenvalue weighted by Crippen LogP contribution is 2.32. The third-order valence-corrected chi connectivity index (χ3v) is 7.25. The fraction of sp³-hybridized carbons (Fsp3) is 0.417. The number of ether oxygens (including phenoxy) is 2. The van der Waals surface area contributed by atoms with Crippen molar-refractivity contribution in [3.8, 4) is 5.75 Å². The first-order valence-electron chi connectivity index (χ1n) is 10.6. The van der Waals surface area contributed by atoms with Gasteiger partial charge in [-0.15, -0.1) is 11.8 Å². The average molecular weight is 457 g/mol. The Kier molecular flexibility index (Phi) is 7.15. The van der Waals surface area contributed by atoms with Crippen LogP contribution in [0.5, 0.6) is 5.75 Å². The minimum Gasteiger partial charge on any atom is -0.497 e. The number of hydrogen-bond donors (Lipinski definition) is 0. The van der Waals surface area contributed by atoms with Crippen LogP contribution in [0.1, 0.15) is 32.3 Å². The second-order valence-electron chi connectivity index (χ2n) is 7.96. The largest absolute Gasteiger partial charge is 0.497 e. The average Bonchev–Trinajstić information content (AvgIpc) is 3.41. The van der Waals surface area contributed by atoms with E-state index in [4.69, 9.17) is 14.5 Å². The Morgan fingerprint density at radius 3 is 2.77 bits per heavy atom. The maximum atomic E-state index is 13.4. The Labute approximate surface area is 191 Å². The summed E-state index contributed by atoms with van der Waals surface area (Å²) in [6.07, 6.45) is 2.43. The summed E-state index contributed by atoms with van der Waals surface area (Å²) in [4.78, 5) is 21.2. The van der Waals surface area contributed by atoms with Gasteiger partial charge in [-0.3, -0.25) is 9.69 Å². The Morgan fingerprint density at radius 1 is 1.29 bits per heavy atom. The first-order valence-corrected chi connectivity index (χ1v) is 12.3. The van der Waals surface area contributed by atoms with Crippen LogP contribution >= 0.6 is 23.1 Å². The fourth-order valence-electron chi connectivity index (χ4n) is 3.64. The molecule has 164 valence electrons. The van der Waals surface area contributed by atoms with Gasteiger partial charge in [0.25, 0.3) is 0 Å². The van der Waals surface area contributed by atoms with E-state index in [9.17, 15) is 4.79 Å². The quantitative estimate of drug-likeness (QED) is 0.415. The summed E-state index contributed by atoms with van der Waals surface area (Å²) in [5.41, 5.74) is 1.86. The van der Waals surface area contributed by atoms with Crippen molar-refractivity contribution in [3.05, 3.63) is 48.0 Å². The van der Waals surface area contributed by atoms with Crippen LogP contribution in [0.3, 0.4) is 0 Å². The Morgan fingerprint density at radius 2 is 2.10 bits per heavy atom. The molecule has 0 saturated carbocycles. The van der Waals surface area contributed by atoms with Gasteiger partial charge in [-0.1, -0.05) is 37.3 Å². The van der Waals surface area contributed by atoms with Crippen molar-refractivity contribution >= 4 is 44.4 Å². The molecular formula is C24H28N2O3S2. The van der Waals surface area contributed by atoms with Gasteiger partial charge in [-0.05, 0) is 42.7 Å². The summed E-state index contributed by atoms with van der Waals surface area (Å²) in [5.74, 6) is 0.812. The van der Waals surface area contributed by atoms with Crippen molar-refractivity contribution in [2.24, 2.45) is 0 Å². The predicted molar refractivity (Wildman–Crippen MR) is 129 cm³/mol. The number of amides is 1. The number of methoxy groups -OCH3 is 1. The van der Waals surface area contributed by atoms with E-state index in [1.54, 1.807) is 7.11 Å². The van der Waals surface area contributed by atoms with Crippen LogP contribution in [-0.4, -0.2) is 42.5 Å². The highest BCUT2D eigenvalue weighted by atomic mass is 32.2. The molecule has 4 rings (SSSR count). The van der Waals surface area contributed by atoms with Gasteiger partial charge in [-0.25, -0.2) is 4.98 Å². The molecule has 31 heavy (non-hydrogen) atoms. The smallest absolute Gasteiger partial charge is 0.233 e. The highest BCUT2D eigenvalue weighted by Gasteiger charge is 2.26. The molecule has 2 aromatic carbocycles. The molecule has 0 radical (unpaired) electrons. The fourth-order valence-corrected chi connectivity index (χ4v) is 5.45. The van der Waals surface area contributed by atoms with Crippen LogP contribution in [0.2, 0.25) is 0 Å². The Bertz CT molecular complexity index is 1030. The van der Waals surface area contributed by atoms with Crippen molar-refractivity contribution < 1.29 is 14.3 Å². The number of fused-ring (bicyclic) bond motifs is 1. The van der Waals surface area contributed by atoms with Gasteiger partial charge in [0.05, 0.1) is 36.4 Å². The van der Waals surface area contributed by atoms with Crippen LogP contribution < -0.4 is 9.64 Å². The molecule has 0 N–H and O–H groups in total. The monoisotopic (exact) mass is 456 g/mol. The lowest BCUT2D eigenvalue weighted by Crippen LogP contribution is -2.38. The third kappa shape index (κ3) is 5.59. The zero-order chi connectivity index (χ0) is 21.8. The summed E-state index contributed by atoms with van der Waals surface area (Å²) in [6, 6.07) is 14.1. The van der Waals surface area contributed by atoms with E-state index in [-0.39, 0.29) is 12.0 Å². The summed E-state index contributed by atoms with van der Waals surface area (Å²) in [7, 11) is 1.65. The van der Waals surface area contributed by atoms with Gasteiger partial charge in [-0.2, -0.15) is 0 Å². The number of aromatic nitrogens is 1. The van der Waals surface area contributed by atoms with E-state index >= 15 is 0 Å². The molecule has 1 aliphatic heterocycles. The third-order valence-electron chi connectivity index (χ3n) is 5.18. The molecule has 0 spiro atoms. The zero-order valence-corrected chi connectivity index (χ0v) is 19.8. The molecule has 3 aromatic rings. The number of carbonyl (C=O) groups excluding carboxylic acids is 1. The molecule has 0 bridgehead atoms. The van der Waals surface area contributed by atoms with Gasteiger partial charge >= 0.3 is 0 Å². The Balaban J connectivity index is 1.56. The van der Waals surface area contributed by atoms with Gasteiger partial charge in [0.2, 0.25) is 5.91 Å². The number of nitrogens with zero attached hydrogens (tertiary/aromatic N) is 2. The van der Waals surface area contributed by atoms with Gasteiger partial charge in [0, 0.05) is 22.8 Å². The molecule has 0 aliphatic carbocycles. The lowest BCUT2D eigenvalue weighted by Gasteiger charge is -2.23. The number of carbonyl (C=O) groups is 1. The second-order valence-corrected chi connectivity index (χ2v) is 10.6. The number of thiazole rings is 1. The molecule has 1 atom stereocenters. The molecular weight excluding hydrogens is 428 g/mol. The molecule has 7 heteroatoms. The number of rotatable bonds is 8. The van der Waals surface area contributed by atoms with Crippen molar-refractivity contribution in [3.63, 3.8) is 0 Å². The molecule has 1 aromatic heterocycles. The molecule has 5 nitrogen and oxygen atoms in total. The van der Waals surface area contributed by atoms with Crippen LogP contribution in [0, 0.1) is 0 Å². The van der Waals surface area contributed by atoms with Crippen LogP contribution in [0.15, 0.2) is 47.4 Å². The SMILES string of the molecule is COc1ccc2sc(N(CC3CCCO3)C(=O)Cc3ccc(SC(C)C)cc3)nc2c1. The van der Waals surface area contributed by atoms with Gasteiger partial charge in [0.1, 0.15) is 5.75 Å². The summed E-state index contributed by atoms with van der Waals surface area (Å²) in [5, 5.41) is 1.25. The number of hydrogen-bond acceptors (Lipinski definition) is 6. The number of anilines is 1. The van der Waals surface area contributed by atoms with E-state index in [0.29, 0.717) is 18.2 Å². The van der Waals surface area contributed by atoms with E-state index < -0.39 is 0 Å². The van der Waals surface area contributed by atoms with Crippen molar-refractivity contribution in [1.82, 2.24) is 4.98 Å². The molecule has 2 heterocycles. The molecule has 1 aliphatic rings. The number of benzene rings is 2. The normalized spacial score (nSPS) is 16.2. The summed E-state index contributed by atoms with van der Waals surface area (Å²) in [6.45, 7) is 5.66. The molecule has 1 fully saturated rings. The molecule has 1 unspecified atom stereocenters. The van der Waals surface area contributed by atoms with Crippen molar-refractivity contribution in [2.45, 2.75) is 49.4 Å². The van der Waals surface area contributed by atoms with Crippen LogP contribution in [0.4, 0.5) is 5.13 Å². The van der Waals surface area contributed by atoms with Crippen LogP contribution in [-0.2, 0) is 16.0 Å². The first kappa shape index (κ1) is 22.1. The minimum absolute atomic E-state index is 0.0470. The lowest BCUT2D eigenvalue weighted by molar-refractivity contribution is -0.118. The standard InChI is InChI=1S/C24H28N2O3S2/c1-16(2)30-20-9-6-17(7-10-20)13-23(27)26(15-19-5-4-12-29-19)24-25-21-14-18(28-3)8-11-22(21)31-24/h6-11,14,16,19H,4-5,12-13,15H2,1-3H3. The lowest BCUT2D eigenvalue weighted by atomic mass is 10.1. The number of thioether (sulfide) groups is 1. The van der Waals surface area contributed by atoms with Gasteiger partial charge < -0.3 is 9.47 Å². The summed E-state index contributed by atoms with van der Waals surface area (Å²) < 4.78 is 12.2. The van der Waals surface area contributed by atoms with E-state index in [0.717, 1.165) is 46.1 Å². The maximum absolute atomic E-state index is 13.4. The molecule has 1 saturated heterocycles. The van der Waals surface area contributed by atoms with Gasteiger partial charge in [0.15, 0.2) is 5.13 Å².